The molecule has 2 N–H and O–H groups in total. The summed E-state index contributed by atoms with van der Waals surface area (Å²) >= 11 is 0. The second-order valence-electron chi connectivity index (χ2n) is 3.23. The normalized spacial score (nSPS) is 10.9. The number of aromatic hydroxyl groups is 1. The number of hydrogen-bond acceptors (Lipinski definition) is 6. The van der Waals surface area contributed by atoms with Gasteiger partial charge in [-0.15, -0.1) is 0 Å². The number of H-pyrrole nitrogens is 1. The Balaban J connectivity index is 2.37. The van der Waals surface area contributed by atoms with Crippen LogP contribution in [0, 0.1) is 10.1 Å². The molecule has 0 aliphatic rings. The summed E-state index contributed by atoms with van der Waals surface area (Å²) in [4.78, 5) is 26.4. The van der Waals surface area contributed by atoms with E-state index in [1.165, 1.54) is 18.4 Å². The van der Waals surface area contributed by atoms with Crippen molar-refractivity contribution in [3.8, 4) is 5.88 Å². The molecule has 0 atom stereocenters. The van der Waals surface area contributed by atoms with Crippen LogP contribution in [-0.4, -0.2) is 20.0 Å². The standard InChI is InChI=1S/C10H7N3O5/c14-9-8(13(16)17)10(15)12-7(11-9)4-3-6-2-1-5-18-6/h1-5H,(H2,11,12,14,15)/b4-3+. The van der Waals surface area contributed by atoms with Gasteiger partial charge in [-0.1, -0.05) is 0 Å². The van der Waals surface area contributed by atoms with E-state index in [1.807, 2.05) is 0 Å². The minimum absolute atomic E-state index is 0.0144. The maximum Gasteiger partial charge on any atom is 0.395 e. The summed E-state index contributed by atoms with van der Waals surface area (Å²) in [5.41, 5.74) is -2.00. The van der Waals surface area contributed by atoms with Crippen LogP contribution in [0.15, 0.2) is 27.6 Å². The largest absolute Gasteiger partial charge is 0.488 e. The third kappa shape index (κ3) is 2.26. The Morgan fingerprint density at radius 3 is 2.83 bits per heavy atom. The van der Waals surface area contributed by atoms with Gasteiger partial charge >= 0.3 is 11.2 Å². The lowest BCUT2D eigenvalue weighted by molar-refractivity contribution is -0.387. The highest BCUT2D eigenvalue weighted by molar-refractivity contribution is 5.64. The van der Waals surface area contributed by atoms with Crippen molar-refractivity contribution in [3.63, 3.8) is 0 Å². The molecule has 0 aliphatic heterocycles. The highest BCUT2D eigenvalue weighted by atomic mass is 16.6. The minimum Gasteiger partial charge on any atom is -0.488 e. The average Bonchev–Trinajstić information content (AvgIpc) is 2.77. The van der Waals surface area contributed by atoms with Gasteiger partial charge in [0.05, 0.1) is 11.2 Å². The quantitative estimate of drug-likeness (QED) is 0.621. The molecule has 0 radical (unpaired) electrons. The highest BCUT2D eigenvalue weighted by Gasteiger charge is 2.21. The van der Waals surface area contributed by atoms with Crippen molar-refractivity contribution in [1.29, 1.82) is 0 Å². The minimum atomic E-state index is -1.02. The molecule has 2 aromatic heterocycles. The molecule has 0 aromatic carbocycles. The van der Waals surface area contributed by atoms with Crippen molar-refractivity contribution in [1.82, 2.24) is 9.97 Å². The van der Waals surface area contributed by atoms with Crippen LogP contribution >= 0.6 is 0 Å². The lowest BCUT2D eigenvalue weighted by atomic mass is 10.4. The molecule has 0 spiro atoms. The Morgan fingerprint density at radius 2 is 2.28 bits per heavy atom. The summed E-state index contributed by atoms with van der Waals surface area (Å²) in [6.07, 6.45) is 4.30. The SMILES string of the molecule is O=c1[nH]c(/C=C/c2ccco2)nc(O)c1[N+](=O)[O-]. The number of rotatable bonds is 3. The van der Waals surface area contributed by atoms with E-state index in [-0.39, 0.29) is 5.82 Å². The molecule has 2 rings (SSSR count). The first kappa shape index (κ1) is 11.6. The number of furan rings is 1. The first-order valence-corrected chi connectivity index (χ1v) is 4.77. The van der Waals surface area contributed by atoms with E-state index < -0.39 is 22.0 Å². The van der Waals surface area contributed by atoms with Crippen molar-refractivity contribution < 1.29 is 14.4 Å². The molecule has 0 aliphatic carbocycles. The number of nitrogens with one attached hydrogen (secondary N) is 1. The number of aromatic nitrogens is 2. The molecule has 8 heteroatoms. The molecule has 0 unspecified atom stereocenters. The maximum absolute atomic E-state index is 11.3. The zero-order valence-corrected chi connectivity index (χ0v) is 8.86. The van der Waals surface area contributed by atoms with Crippen LogP contribution in [0.4, 0.5) is 5.69 Å². The topological polar surface area (TPSA) is 122 Å². The maximum atomic E-state index is 11.3. The fourth-order valence-corrected chi connectivity index (χ4v) is 1.26. The van der Waals surface area contributed by atoms with Crippen LogP contribution in [0.5, 0.6) is 5.88 Å². The van der Waals surface area contributed by atoms with Crippen LogP contribution in [0.2, 0.25) is 0 Å². The zero-order chi connectivity index (χ0) is 13.1. The van der Waals surface area contributed by atoms with Crippen molar-refractivity contribution in [2.24, 2.45) is 0 Å². The van der Waals surface area contributed by atoms with Gasteiger partial charge in [-0.2, -0.15) is 4.98 Å². The van der Waals surface area contributed by atoms with Gasteiger partial charge in [-0.25, -0.2) is 0 Å². The molecule has 92 valence electrons. The van der Waals surface area contributed by atoms with Gasteiger partial charge < -0.3 is 14.5 Å². The number of aromatic amines is 1. The van der Waals surface area contributed by atoms with Gasteiger partial charge in [0.15, 0.2) is 0 Å². The molecular weight excluding hydrogens is 242 g/mol. The summed E-state index contributed by atoms with van der Waals surface area (Å²) in [5.74, 6) is -0.433. The fraction of sp³-hybridized carbons (Fsp3) is 0. The molecule has 2 aromatic rings. The van der Waals surface area contributed by atoms with Gasteiger partial charge in [0.1, 0.15) is 11.6 Å². The second kappa shape index (κ2) is 4.53. The summed E-state index contributed by atoms with van der Waals surface area (Å²) in [6.45, 7) is 0. The molecule has 0 saturated carbocycles. The van der Waals surface area contributed by atoms with Crippen LogP contribution in [-0.2, 0) is 0 Å². The zero-order valence-electron chi connectivity index (χ0n) is 8.86. The first-order valence-electron chi connectivity index (χ1n) is 4.77. The van der Waals surface area contributed by atoms with Crippen molar-refractivity contribution >= 4 is 17.8 Å². The third-order valence-electron chi connectivity index (χ3n) is 2.03. The van der Waals surface area contributed by atoms with Gasteiger partial charge in [0.2, 0.25) is 0 Å². The van der Waals surface area contributed by atoms with E-state index in [0.29, 0.717) is 5.76 Å². The molecule has 2 heterocycles. The Bertz CT molecular complexity index is 657. The molecule has 0 fully saturated rings. The first-order chi connectivity index (χ1) is 8.58. The van der Waals surface area contributed by atoms with Gasteiger partial charge in [0.25, 0.3) is 5.88 Å². The lowest BCUT2D eigenvalue weighted by Gasteiger charge is -1.96. The Labute approximate surface area is 99.4 Å². The van der Waals surface area contributed by atoms with Crippen LogP contribution in [0.3, 0.4) is 0 Å². The van der Waals surface area contributed by atoms with E-state index >= 15 is 0 Å². The lowest BCUT2D eigenvalue weighted by Crippen LogP contribution is -2.14. The predicted molar refractivity (Wildman–Crippen MR) is 60.8 cm³/mol. The molecular formula is C10H7N3O5. The fourth-order valence-electron chi connectivity index (χ4n) is 1.26. The Kier molecular flexibility index (Phi) is 2.92. The van der Waals surface area contributed by atoms with Crippen molar-refractivity contribution in [3.05, 3.63) is 50.4 Å². The number of nitrogens with zero attached hydrogens (tertiary/aromatic N) is 2. The summed E-state index contributed by atoms with van der Waals surface area (Å²) in [6, 6.07) is 3.34. The van der Waals surface area contributed by atoms with E-state index in [1.54, 1.807) is 12.1 Å². The Morgan fingerprint density at radius 1 is 1.50 bits per heavy atom. The van der Waals surface area contributed by atoms with Crippen molar-refractivity contribution in [2.45, 2.75) is 0 Å². The van der Waals surface area contributed by atoms with Crippen molar-refractivity contribution in [2.75, 3.05) is 0 Å². The monoisotopic (exact) mass is 249 g/mol. The van der Waals surface area contributed by atoms with Crippen LogP contribution in [0.1, 0.15) is 11.6 Å². The summed E-state index contributed by atoms with van der Waals surface area (Å²) < 4.78 is 5.00. The second-order valence-corrected chi connectivity index (χ2v) is 3.23. The Hall–Kier alpha value is -2.90. The van der Waals surface area contributed by atoms with Gasteiger partial charge in [0, 0.05) is 0 Å². The average molecular weight is 249 g/mol. The van der Waals surface area contributed by atoms with Gasteiger partial charge in [-0.05, 0) is 24.3 Å². The summed E-state index contributed by atoms with van der Waals surface area (Å²) in [7, 11) is 0. The number of hydrogen-bond donors (Lipinski definition) is 2. The van der Waals surface area contributed by atoms with Crippen LogP contribution in [0.25, 0.3) is 12.2 Å². The van der Waals surface area contributed by atoms with Gasteiger partial charge in [-0.3, -0.25) is 14.9 Å². The highest BCUT2D eigenvalue weighted by Crippen LogP contribution is 2.17. The molecule has 0 bridgehead atoms. The molecule has 8 nitrogen and oxygen atoms in total. The van der Waals surface area contributed by atoms with E-state index in [2.05, 4.69) is 9.97 Å². The smallest absolute Gasteiger partial charge is 0.395 e. The van der Waals surface area contributed by atoms with Crippen LogP contribution < -0.4 is 5.56 Å². The molecule has 0 saturated heterocycles. The van der Waals surface area contributed by atoms with E-state index in [9.17, 15) is 20.0 Å². The molecule has 18 heavy (non-hydrogen) atoms. The predicted octanol–water partition coefficient (Wildman–Crippen LogP) is 1.15. The third-order valence-corrected chi connectivity index (χ3v) is 2.03. The number of nitro groups is 1. The molecule has 0 amide bonds. The summed E-state index contributed by atoms with van der Waals surface area (Å²) in [5, 5.41) is 19.7. The van der Waals surface area contributed by atoms with E-state index in [0.717, 1.165) is 0 Å². The van der Waals surface area contributed by atoms with E-state index in [4.69, 9.17) is 4.42 Å².